The van der Waals surface area contributed by atoms with Gasteiger partial charge in [0, 0.05) is 11.6 Å². The summed E-state index contributed by atoms with van der Waals surface area (Å²) in [6, 6.07) is 16.6. The van der Waals surface area contributed by atoms with Crippen LogP contribution in [0.5, 0.6) is 5.75 Å². The van der Waals surface area contributed by atoms with Crippen molar-refractivity contribution in [1.29, 1.82) is 0 Å². The number of nitrogens with two attached hydrogens (primary N) is 1. The van der Waals surface area contributed by atoms with E-state index < -0.39 is 0 Å². The predicted molar refractivity (Wildman–Crippen MR) is 107 cm³/mol. The zero-order valence-corrected chi connectivity index (χ0v) is 15.6. The quantitative estimate of drug-likeness (QED) is 0.643. The first kappa shape index (κ1) is 18.3. The Morgan fingerprint density at radius 2 is 1.78 bits per heavy atom. The third-order valence-electron chi connectivity index (χ3n) is 3.94. The highest BCUT2D eigenvalue weighted by atomic mass is 16.5. The topological polar surface area (TPSA) is 94.2 Å². The first-order valence-corrected chi connectivity index (χ1v) is 8.65. The fourth-order valence-electron chi connectivity index (χ4n) is 2.68. The van der Waals surface area contributed by atoms with Crippen LogP contribution < -0.4 is 21.1 Å². The van der Waals surface area contributed by atoms with Crippen LogP contribution in [0.4, 0.5) is 16.3 Å². The van der Waals surface area contributed by atoms with E-state index in [2.05, 4.69) is 15.7 Å². The molecule has 0 aliphatic heterocycles. The Balaban J connectivity index is 2.07. The van der Waals surface area contributed by atoms with E-state index in [0.717, 1.165) is 17.0 Å². The number of para-hydroxylation sites is 1. The van der Waals surface area contributed by atoms with E-state index >= 15 is 0 Å². The van der Waals surface area contributed by atoms with E-state index in [-0.39, 0.29) is 12.1 Å². The van der Waals surface area contributed by atoms with Crippen molar-refractivity contribution in [2.24, 2.45) is 0 Å². The van der Waals surface area contributed by atoms with Crippen LogP contribution in [-0.4, -0.2) is 29.0 Å². The summed E-state index contributed by atoms with van der Waals surface area (Å²) in [7, 11) is 1.61. The van der Waals surface area contributed by atoms with Crippen LogP contribution >= 0.6 is 0 Å². The molecule has 0 atom stereocenters. The Labute approximate surface area is 158 Å². The van der Waals surface area contributed by atoms with Crippen molar-refractivity contribution in [3.05, 3.63) is 54.6 Å². The lowest BCUT2D eigenvalue weighted by Crippen LogP contribution is -2.34. The molecule has 3 rings (SSSR count). The van der Waals surface area contributed by atoms with Crippen molar-refractivity contribution in [2.45, 2.75) is 19.9 Å². The predicted octanol–water partition coefficient (Wildman–Crippen LogP) is 3.66. The first-order chi connectivity index (χ1) is 13.0. The van der Waals surface area contributed by atoms with E-state index in [1.807, 2.05) is 68.4 Å². The third-order valence-corrected chi connectivity index (χ3v) is 3.94. The van der Waals surface area contributed by atoms with Gasteiger partial charge in [-0.3, -0.25) is 0 Å². The molecule has 3 aromatic rings. The van der Waals surface area contributed by atoms with Crippen LogP contribution in [0.3, 0.4) is 0 Å². The summed E-state index contributed by atoms with van der Waals surface area (Å²) in [5, 5.41) is 10.3. The van der Waals surface area contributed by atoms with Crippen molar-refractivity contribution in [1.82, 2.24) is 15.1 Å². The summed E-state index contributed by atoms with van der Waals surface area (Å²) in [5.41, 5.74) is 9.01. The van der Waals surface area contributed by atoms with Gasteiger partial charge in [0.25, 0.3) is 0 Å². The lowest BCUT2D eigenvalue weighted by atomic mass is 10.1. The second-order valence-electron chi connectivity index (χ2n) is 6.34. The monoisotopic (exact) mass is 365 g/mol. The number of nitrogens with one attached hydrogen (secondary N) is 2. The van der Waals surface area contributed by atoms with E-state index in [1.54, 1.807) is 11.8 Å². The van der Waals surface area contributed by atoms with Gasteiger partial charge in [0.15, 0.2) is 5.82 Å². The van der Waals surface area contributed by atoms with E-state index in [4.69, 9.17) is 10.5 Å². The molecule has 0 unspecified atom stereocenters. The molecule has 0 saturated carbocycles. The van der Waals surface area contributed by atoms with Gasteiger partial charge in [0.05, 0.1) is 12.8 Å². The molecule has 0 fully saturated rings. The van der Waals surface area contributed by atoms with Gasteiger partial charge in [-0.2, -0.15) is 5.10 Å². The molecule has 0 radical (unpaired) electrons. The minimum Gasteiger partial charge on any atom is -0.497 e. The number of amides is 2. The Bertz CT molecular complexity index is 918. The van der Waals surface area contributed by atoms with Crippen molar-refractivity contribution < 1.29 is 9.53 Å². The standard InChI is InChI=1S/C20H23N5O2/c1-13(2)22-20(26)23-18-17(14-9-11-16(27-3)12-10-14)24-25(19(18)21)15-7-5-4-6-8-15/h4-13H,21H2,1-3H3,(H2,22,23,26). The minimum absolute atomic E-state index is 0.000158. The number of nitrogen functional groups attached to an aromatic ring is 1. The first-order valence-electron chi connectivity index (χ1n) is 8.65. The molecule has 0 aliphatic rings. The van der Waals surface area contributed by atoms with Crippen LogP contribution in [0.15, 0.2) is 54.6 Å². The molecule has 4 N–H and O–H groups in total. The zero-order chi connectivity index (χ0) is 19.4. The Kier molecular flexibility index (Phi) is 5.30. The maximum Gasteiger partial charge on any atom is 0.319 e. The zero-order valence-electron chi connectivity index (χ0n) is 15.6. The van der Waals surface area contributed by atoms with Gasteiger partial charge in [-0.25, -0.2) is 9.48 Å². The summed E-state index contributed by atoms with van der Waals surface area (Å²) >= 11 is 0. The fourth-order valence-corrected chi connectivity index (χ4v) is 2.68. The average Bonchev–Trinajstić information content (AvgIpc) is 2.98. The highest BCUT2D eigenvalue weighted by Crippen LogP contribution is 2.34. The number of anilines is 2. The number of methoxy groups -OCH3 is 1. The van der Waals surface area contributed by atoms with Crippen LogP contribution in [0.2, 0.25) is 0 Å². The molecule has 0 saturated heterocycles. The van der Waals surface area contributed by atoms with Gasteiger partial charge in [-0.15, -0.1) is 0 Å². The normalized spacial score (nSPS) is 10.7. The van der Waals surface area contributed by atoms with E-state index in [9.17, 15) is 4.79 Å². The van der Waals surface area contributed by atoms with Gasteiger partial charge in [0.1, 0.15) is 17.1 Å². The van der Waals surface area contributed by atoms with Crippen molar-refractivity contribution in [3.8, 4) is 22.7 Å². The van der Waals surface area contributed by atoms with Crippen molar-refractivity contribution in [3.63, 3.8) is 0 Å². The molecule has 0 spiro atoms. The number of benzene rings is 2. The van der Waals surface area contributed by atoms with E-state index in [0.29, 0.717) is 17.2 Å². The second kappa shape index (κ2) is 7.82. The van der Waals surface area contributed by atoms with Gasteiger partial charge < -0.3 is 21.1 Å². The van der Waals surface area contributed by atoms with Gasteiger partial charge in [0.2, 0.25) is 0 Å². The summed E-state index contributed by atoms with van der Waals surface area (Å²) in [5.74, 6) is 1.09. The smallest absolute Gasteiger partial charge is 0.319 e. The summed E-state index contributed by atoms with van der Waals surface area (Å²) in [4.78, 5) is 12.3. The molecule has 27 heavy (non-hydrogen) atoms. The molecular weight excluding hydrogens is 342 g/mol. The number of rotatable bonds is 5. The molecule has 2 aromatic carbocycles. The number of carbonyl (C=O) groups is 1. The number of hydrogen-bond donors (Lipinski definition) is 3. The molecular formula is C20H23N5O2. The minimum atomic E-state index is -0.334. The summed E-state index contributed by atoms with van der Waals surface area (Å²) < 4.78 is 6.83. The molecule has 7 heteroatoms. The van der Waals surface area contributed by atoms with Gasteiger partial charge in [-0.1, -0.05) is 18.2 Å². The maximum absolute atomic E-state index is 12.3. The van der Waals surface area contributed by atoms with Gasteiger partial charge >= 0.3 is 6.03 Å². The number of carbonyl (C=O) groups excluding carboxylic acids is 1. The molecule has 1 heterocycles. The largest absolute Gasteiger partial charge is 0.497 e. The van der Waals surface area contributed by atoms with Crippen molar-refractivity contribution >= 4 is 17.5 Å². The number of aromatic nitrogens is 2. The molecule has 140 valence electrons. The molecule has 7 nitrogen and oxygen atoms in total. The molecule has 0 aliphatic carbocycles. The number of nitrogens with zero attached hydrogens (tertiary/aromatic N) is 2. The summed E-state index contributed by atoms with van der Waals surface area (Å²) in [6.45, 7) is 3.78. The fraction of sp³-hybridized carbons (Fsp3) is 0.200. The highest BCUT2D eigenvalue weighted by molar-refractivity contribution is 5.97. The Morgan fingerprint density at radius 3 is 2.37 bits per heavy atom. The Morgan fingerprint density at radius 1 is 1.11 bits per heavy atom. The lowest BCUT2D eigenvalue weighted by molar-refractivity contribution is 0.250. The lowest BCUT2D eigenvalue weighted by Gasteiger charge is -2.11. The van der Waals surface area contributed by atoms with Crippen LogP contribution in [0.25, 0.3) is 16.9 Å². The SMILES string of the molecule is COc1ccc(-c2nn(-c3ccccc3)c(N)c2NC(=O)NC(C)C)cc1. The average molecular weight is 365 g/mol. The third kappa shape index (κ3) is 4.03. The number of ether oxygens (including phenoxy) is 1. The van der Waals surface area contributed by atoms with Crippen LogP contribution in [-0.2, 0) is 0 Å². The Hall–Kier alpha value is -3.48. The van der Waals surface area contributed by atoms with E-state index in [1.165, 1.54) is 0 Å². The molecule has 1 aromatic heterocycles. The number of hydrogen-bond acceptors (Lipinski definition) is 4. The summed E-state index contributed by atoms with van der Waals surface area (Å²) in [6.07, 6.45) is 0. The number of urea groups is 1. The second-order valence-corrected chi connectivity index (χ2v) is 6.34. The molecule has 2 amide bonds. The maximum atomic E-state index is 12.3. The van der Waals surface area contributed by atoms with Crippen LogP contribution in [0.1, 0.15) is 13.8 Å². The molecule has 0 bridgehead atoms. The highest BCUT2D eigenvalue weighted by Gasteiger charge is 2.20. The van der Waals surface area contributed by atoms with Crippen molar-refractivity contribution in [2.75, 3.05) is 18.2 Å². The van der Waals surface area contributed by atoms with Crippen LogP contribution in [0, 0.1) is 0 Å². The van der Waals surface area contributed by atoms with Gasteiger partial charge in [-0.05, 0) is 50.2 Å².